The van der Waals surface area contributed by atoms with Gasteiger partial charge in [-0.15, -0.1) is 0 Å². The third-order valence-corrected chi connectivity index (χ3v) is 11.3. The SMILES string of the molecule is CC[C@H]1OC(=O)[C@H](C)C(=O)[C@H](C)[C@@H](C)[C@](C)(C(=O)I)C[C@@H](C)C(=O)[C@H](C)[C@H]2N(CCN3CCOCC3)C(=O)O[C@]12C. The van der Waals surface area contributed by atoms with Crippen LogP contribution >= 0.6 is 22.6 Å². The van der Waals surface area contributed by atoms with Gasteiger partial charge in [0.15, 0.2) is 9.39 Å². The summed E-state index contributed by atoms with van der Waals surface area (Å²) >= 11 is 1.76. The molecular weight excluding hydrogens is 643 g/mol. The van der Waals surface area contributed by atoms with Crippen LogP contribution in [0.25, 0.3) is 0 Å². The van der Waals surface area contributed by atoms with E-state index in [0.29, 0.717) is 32.7 Å². The molecule has 3 heterocycles. The quantitative estimate of drug-likeness (QED) is 0.183. The van der Waals surface area contributed by atoms with Gasteiger partial charge in [0, 0.05) is 71.9 Å². The summed E-state index contributed by atoms with van der Waals surface area (Å²) in [5, 5.41) is 0. The number of Topliss-reactive ketones (excluding diaryl/α,β-unsaturated/α-hetero) is 2. The van der Waals surface area contributed by atoms with Gasteiger partial charge in [0.05, 0.1) is 19.3 Å². The third kappa shape index (κ3) is 6.66. The second-order valence-electron chi connectivity index (χ2n) is 12.7. The molecule has 3 rings (SSSR count). The molecule has 3 aliphatic heterocycles. The normalized spacial score (nSPS) is 40.0. The lowest BCUT2D eigenvalue weighted by atomic mass is 9.65. The summed E-state index contributed by atoms with van der Waals surface area (Å²) in [6.07, 6.45) is -0.849. The Labute approximate surface area is 257 Å². The molecule has 3 fully saturated rings. The minimum atomic E-state index is -1.32. The number of carbonyl (C=O) groups excluding carboxylic acids is 5. The molecule has 0 N–H and O–H groups in total. The van der Waals surface area contributed by atoms with Crippen molar-refractivity contribution in [2.45, 2.75) is 86.0 Å². The zero-order valence-corrected chi connectivity index (χ0v) is 27.9. The molecular formula is C30H47IN2O8. The Balaban J connectivity index is 2.08. The van der Waals surface area contributed by atoms with Crippen LogP contribution in [0.1, 0.15) is 68.2 Å². The van der Waals surface area contributed by atoms with Crippen LogP contribution in [-0.4, -0.2) is 94.4 Å². The summed E-state index contributed by atoms with van der Waals surface area (Å²) in [6.45, 7) is 17.7. The van der Waals surface area contributed by atoms with Crippen molar-refractivity contribution < 1.29 is 38.2 Å². The van der Waals surface area contributed by atoms with Crippen LogP contribution in [0.2, 0.25) is 0 Å². The lowest BCUT2D eigenvalue weighted by Gasteiger charge is -2.42. The van der Waals surface area contributed by atoms with E-state index in [-0.39, 0.29) is 21.8 Å². The highest BCUT2D eigenvalue weighted by Gasteiger charge is 2.60. The number of ketones is 2. The maximum atomic E-state index is 14.1. The topological polar surface area (TPSA) is 120 Å². The summed E-state index contributed by atoms with van der Waals surface area (Å²) in [5.41, 5.74) is -2.30. The molecule has 0 aromatic carbocycles. The lowest BCUT2D eigenvalue weighted by Crippen LogP contribution is -2.58. The van der Waals surface area contributed by atoms with Crippen molar-refractivity contribution in [2.75, 3.05) is 39.4 Å². The van der Waals surface area contributed by atoms with Gasteiger partial charge in [0.25, 0.3) is 0 Å². The number of ether oxygens (including phenoxy) is 3. The first-order valence-electron chi connectivity index (χ1n) is 14.9. The van der Waals surface area contributed by atoms with Crippen LogP contribution in [0, 0.1) is 35.0 Å². The van der Waals surface area contributed by atoms with Crippen molar-refractivity contribution in [2.24, 2.45) is 35.0 Å². The fourth-order valence-electron chi connectivity index (χ4n) is 7.00. The van der Waals surface area contributed by atoms with Crippen molar-refractivity contribution >= 4 is 50.0 Å². The van der Waals surface area contributed by atoms with Crippen LogP contribution in [0.3, 0.4) is 0 Å². The second-order valence-corrected chi connectivity index (χ2v) is 13.6. The molecule has 9 atom stereocenters. The molecule has 11 heteroatoms. The molecule has 0 radical (unpaired) electrons. The summed E-state index contributed by atoms with van der Waals surface area (Å²) < 4.78 is 17.3. The molecule has 3 aliphatic rings. The molecule has 10 nitrogen and oxygen atoms in total. The second kappa shape index (κ2) is 13.4. The van der Waals surface area contributed by atoms with E-state index >= 15 is 0 Å². The van der Waals surface area contributed by atoms with Crippen molar-refractivity contribution in [3.8, 4) is 0 Å². The average Bonchev–Trinajstić information content (AvgIpc) is 3.21. The van der Waals surface area contributed by atoms with Gasteiger partial charge in [-0.05, 0) is 32.6 Å². The summed E-state index contributed by atoms with van der Waals surface area (Å²) in [7, 11) is 0. The molecule has 232 valence electrons. The van der Waals surface area contributed by atoms with E-state index in [1.54, 1.807) is 55.2 Å². The number of cyclic esters (lactones) is 1. The van der Waals surface area contributed by atoms with Gasteiger partial charge in [0.2, 0.25) is 0 Å². The largest absolute Gasteiger partial charge is 0.458 e. The highest BCUT2D eigenvalue weighted by molar-refractivity contribution is 14.1. The number of hydrogen-bond acceptors (Lipinski definition) is 9. The molecule has 41 heavy (non-hydrogen) atoms. The number of halogens is 1. The van der Waals surface area contributed by atoms with Gasteiger partial charge < -0.3 is 14.2 Å². The van der Waals surface area contributed by atoms with Crippen LogP contribution < -0.4 is 0 Å². The number of fused-ring (bicyclic) bond motifs is 1. The Morgan fingerprint density at radius 3 is 2.12 bits per heavy atom. The molecule has 1 amide bonds. The number of carbonyl (C=O) groups is 5. The summed E-state index contributed by atoms with van der Waals surface area (Å²) in [4.78, 5) is 71.3. The Kier molecular flexibility index (Phi) is 11.0. The van der Waals surface area contributed by atoms with Gasteiger partial charge in [0.1, 0.15) is 23.6 Å². The number of hydrogen-bond donors (Lipinski definition) is 0. The minimum absolute atomic E-state index is 0.0995. The molecule has 0 aromatic rings. The van der Waals surface area contributed by atoms with Crippen LogP contribution in [0.15, 0.2) is 0 Å². The van der Waals surface area contributed by atoms with Crippen molar-refractivity contribution in [1.29, 1.82) is 0 Å². The van der Waals surface area contributed by atoms with E-state index in [0.717, 1.165) is 13.1 Å². The number of esters is 1. The van der Waals surface area contributed by atoms with E-state index in [9.17, 15) is 24.0 Å². The van der Waals surface area contributed by atoms with E-state index in [1.807, 2.05) is 20.8 Å². The molecule has 0 spiro atoms. The molecule has 3 saturated heterocycles. The van der Waals surface area contributed by atoms with Crippen molar-refractivity contribution in [3.05, 3.63) is 0 Å². The zero-order valence-electron chi connectivity index (χ0n) is 25.7. The van der Waals surface area contributed by atoms with Gasteiger partial charge in [-0.25, -0.2) is 4.79 Å². The van der Waals surface area contributed by atoms with Crippen molar-refractivity contribution in [1.82, 2.24) is 9.80 Å². The van der Waals surface area contributed by atoms with E-state index in [4.69, 9.17) is 14.2 Å². The Morgan fingerprint density at radius 2 is 1.56 bits per heavy atom. The predicted octanol–water partition coefficient (Wildman–Crippen LogP) is 3.91. The number of nitrogens with zero attached hydrogens (tertiary/aromatic N) is 2. The third-order valence-electron chi connectivity index (χ3n) is 10.1. The molecule has 0 unspecified atom stereocenters. The summed E-state index contributed by atoms with van der Waals surface area (Å²) in [5.74, 6) is -4.41. The maximum Gasteiger partial charge on any atom is 0.410 e. The van der Waals surface area contributed by atoms with Crippen LogP contribution in [0.4, 0.5) is 4.79 Å². The monoisotopic (exact) mass is 690 g/mol. The predicted molar refractivity (Wildman–Crippen MR) is 160 cm³/mol. The van der Waals surface area contributed by atoms with Crippen LogP contribution in [0.5, 0.6) is 0 Å². The molecule has 0 saturated carbocycles. The smallest absolute Gasteiger partial charge is 0.410 e. The van der Waals surface area contributed by atoms with E-state index in [1.165, 1.54) is 6.92 Å². The van der Waals surface area contributed by atoms with E-state index < -0.39 is 64.8 Å². The Morgan fingerprint density at radius 1 is 0.951 bits per heavy atom. The number of rotatable bonds is 5. The minimum Gasteiger partial charge on any atom is -0.458 e. The highest BCUT2D eigenvalue weighted by Crippen LogP contribution is 2.45. The zero-order chi connectivity index (χ0) is 30.9. The summed E-state index contributed by atoms with van der Waals surface area (Å²) in [6, 6.07) is -0.712. The first-order valence-corrected chi connectivity index (χ1v) is 16.0. The number of amides is 1. The Bertz CT molecular complexity index is 1030. The Hall–Kier alpha value is -1.60. The lowest BCUT2D eigenvalue weighted by molar-refractivity contribution is -0.171. The first-order chi connectivity index (χ1) is 19.1. The standard InChI is InChI=1S/C30H47IN2O8/c1-9-22-30(8)25(33(28(38)41-30)11-10-32-12-14-39-15-13-32)19(4)23(34)17(2)16-29(7,27(31)37)21(6)18(3)24(35)20(5)26(36)40-22/h17-22,25H,9-16H2,1-8H3/t17-,18-,19+,20-,21-,22-,25-,29-,30-/m1/s1. The maximum absolute atomic E-state index is 14.1. The van der Waals surface area contributed by atoms with Crippen LogP contribution in [-0.2, 0) is 33.4 Å². The molecule has 0 aromatic heterocycles. The van der Waals surface area contributed by atoms with Gasteiger partial charge in [-0.2, -0.15) is 0 Å². The number of morpholine rings is 1. The van der Waals surface area contributed by atoms with Gasteiger partial charge in [-0.3, -0.25) is 29.0 Å². The first kappa shape index (κ1) is 33.9. The molecule has 0 bridgehead atoms. The van der Waals surface area contributed by atoms with E-state index in [2.05, 4.69) is 4.90 Å². The highest BCUT2D eigenvalue weighted by atomic mass is 127. The fourth-order valence-corrected chi connectivity index (χ4v) is 7.71. The fraction of sp³-hybridized carbons (Fsp3) is 0.833. The molecule has 0 aliphatic carbocycles. The average molecular weight is 691 g/mol. The van der Waals surface area contributed by atoms with Gasteiger partial charge >= 0.3 is 12.1 Å². The van der Waals surface area contributed by atoms with Crippen molar-refractivity contribution in [3.63, 3.8) is 0 Å². The van der Waals surface area contributed by atoms with Gasteiger partial charge in [-0.1, -0.05) is 41.5 Å².